The van der Waals surface area contributed by atoms with Gasteiger partial charge in [0.15, 0.2) is 0 Å². The van der Waals surface area contributed by atoms with Gasteiger partial charge in [0.25, 0.3) is 0 Å². The summed E-state index contributed by atoms with van der Waals surface area (Å²) in [6.07, 6.45) is 1.03. The number of hydrogen-bond donors (Lipinski definition) is 2. The maximum Gasteiger partial charge on any atom is 0.0377 e. The minimum Gasteiger partial charge on any atom is -0.271 e. The highest BCUT2D eigenvalue weighted by molar-refractivity contribution is 8.06. The third-order valence-corrected chi connectivity index (χ3v) is 6.13. The zero-order valence-corrected chi connectivity index (χ0v) is 11.8. The van der Waals surface area contributed by atoms with Crippen LogP contribution in [0.25, 0.3) is 0 Å². The monoisotopic (exact) mass is 268 g/mol. The van der Waals surface area contributed by atoms with Crippen molar-refractivity contribution in [3.63, 3.8) is 0 Å². The number of nitrogens with two attached hydrogens (primary N) is 1. The molecule has 1 aromatic carbocycles. The largest absolute Gasteiger partial charge is 0.271 e. The lowest BCUT2D eigenvalue weighted by Crippen LogP contribution is -2.46. The molecule has 1 aliphatic heterocycles. The van der Waals surface area contributed by atoms with Crippen LogP contribution in [0.3, 0.4) is 0 Å². The lowest BCUT2D eigenvalue weighted by atomic mass is 10.00. The van der Waals surface area contributed by atoms with E-state index in [1.54, 1.807) is 0 Å². The lowest BCUT2D eigenvalue weighted by Gasteiger charge is -2.29. The summed E-state index contributed by atoms with van der Waals surface area (Å²) in [5.74, 6) is 9.47. The smallest absolute Gasteiger partial charge is 0.0377 e. The van der Waals surface area contributed by atoms with Crippen LogP contribution in [0.2, 0.25) is 0 Å². The Hall–Kier alpha value is -0.160. The number of hydrogen-bond acceptors (Lipinski definition) is 4. The van der Waals surface area contributed by atoms with Gasteiger partial charge < -0.3 is 0 Å². The summed E-state index contributed by atoms with van der Waals surface area (Å²) < 4.78 is 0. The Labute approximate surface area is 112 Å². The van der Waals surface area contributed by atoms with E-state index in [1.165, 1.54) is 28.4 Å². The molecule has 1 heterocycles. The minimum absolute atomic E-state index is 0.383. The highest BCUT2D eigenvalue weighted by atomic mass is 32.2. The van der Waals surface area contributed by atoms with Gasteiger partial charge in [-0.15, -0.1) is 0 Å². The summed E-state index contributed by atoms with van der Waals surface area (Å²) in [7, 11) is 0. The maximum absolute atomic E-state index is 5.73. The average Bonchev–Trinajstić information content (AvgIpc) is 2.39. The molecule has 3 N–H and O–H groups in total. The third kappa shape index (κ3) is 3.65. The standard InChI is InChI=1S/C13H20N2S2/c1-10-4-2-3-5-11(10)8-12(15-14)13-9-16-6-7-17-13/h2-5,12-13,15H,6-9,14H2,1H3. The van der Waals surface area contributed by atoms with Gasteiger partial charge in [0, 0.05) is 28.6 Å². The fourth-order valence-corrected chi connectivity index (χ4v) is 4.98. The van der Waals surface area contributed by atoms with Crippen molar-refractivity contribution in [3.05, 3.63) is 35.4 Å². The molecule has 0 radical (unpaired) electrons. The number of nitrogens with one attached hydrogen (secondary N) is 1. The Morgan fingerprint density at radius 3 is 2.88 bits per heavy atom. The Bertz CT molecular complexity index is 351. The molecule has 1 aromatic rings. The van der Waals surface area contributed by atoms with Crippen LogP contribution in [-0.4, -0.2) is 28.6 Å². The Morgan fingerprint density at radius 2 is 2.24 bits per heavy atom. The number of thioether (sulfide) groups is 2. The van der Waals surface area contributed by atoms with Crippen molar-refractivity contribution in [3.8, 4) is 0 Å². The van der Waals surface area contributed by atoms with Crippen LogP contribution in [0.15, 0.2) is 24.3 Å². The summed E-state index contributed by atoms with van der Waals surface area (Å²) in [4.78, 5) is 0. The van der Waals surface area contributed by atoms with Gasteiger partial charge in [-0.25, -0.2) is 0 Å². The Kier molecular flexibility index (Phi) is 5.22. The second-order valence-electron chi connectivity index (χ2n) is 4.39. The average molecular weight is 268 g/mol. The molecule has 17 heavy (non-hydrogen) atoms. The molecule has 2 atom stereocenters. The van der Waals surface area contributed by atoms with E-state index in [0.717, 1.165) is 6.42 Å². The second-order valence-corrected chi connectivity index (χ2v) is 6.88. The van der Waals surface area contributed by atoms with Gasteiger partial charge in [-0.05, 0) is 24.5 Å². The first-order valence-electron chi connectivity index (χ1n) is 6.01. The second kappa shape index (κ2) is 6.69. The van der Waals surface area contributed by atoms with Crippen molar-refractivity contribution in [2.24, 2.45) is 5.84 Å². The van der Waals surface area contributed by atoms with E-state index in [-0.39, 0.29) is 0 Å². The fourth-order valence-electron chi connectivity index (χ4n) is 2.11. The first kappa shape index (κ1) is 13.3. The lowest BCUT2D eigenvalue weighted by molar-refractivity contribution is 0.522. The fraction of sp³-hybridized carbons (Fsp3) is 0.538. The third-order valence-electron chi connectivity index (χ3n) is 3.21. The SMILES string of the molecule is Cc1ccccc1CC(NN)C1CSCCS1. The molecular weight excluding hydrogens is 248 g/mol. The molecule has 0 aliphatic carbocycles. The van der Waals surface area contributed by atoms with E-state index in [9.17, 15) is 0 Å². The van der Waals surface area contributed by atoms with Crippen LogP contribution < -0.4 is 11.3 Å². The molecule has 4 heteroatoms. The molecule has 0 saturated carbocycles. The number of rotatable bonds is 4. The van der Waals surface area contributed by atoms with Gasteiger partial charge in [0.05, 0.1) is 0 Å². The van der Waals surface area contributed by atoms with Crippen molar-refractivity contribution in [1.29, 1.82) is 0 Å². The molecule has 0 spiro atoms. The number of benzene rings is 1. The van der Waals surface area contributed by atoms with E-state index in [1.807, 2.05) is 11.8 Å². The zero-order chi connectivity index (χ0) is 12.1. The van der Waals surface area contributed by atoms with Gasteiger partial charge >= 0.3 is 0 Å². The Balaban J connectivity index is 2.01. The first-order valence-corrected chi connectivity index (χ1v) is 8.21. The molecule has 0 aromatic heterocycles. The van der Waals surface area contributed by atoms with E-state index >= 15 is 0 Å². The van der Waals surface area contributed by atoms with E-state index in [2.05, 4.69) is 48.4 Å². The van der Waals surface area contributed by atoms with Crippen LogP contribution in [0.5, 0.6) is 0 Å². The first-order chi connectivity index (χ1) is 8.31. The van der Waals surface area contributed by atoms with E-state index in [0.29, 0.717) is 11.3 Å². The van der Waals surface area contributed by atoms with Gasteiger partial charge in [-0.2, -0.15) is 23.5 Å². The van der Waals surface area contributed by atoms with Gasteiger partial charge in [-0.3, -0.25) is 11.3 Å². The number of hydrazine groups is 1. The van der Waals surface area contributed by atoms with Crippen LogP contribution in [0, 0.1) is 6.92 Å². The van der Waals surface area contributed by atoms with Crippen LogP contribution in [0.1, 0.15) is 11.1 Å². The molecule has 0 amide bonds. The molecule has 2 rings (SSSR count). The van der Waals surface area contributed by atoms with Crippen molar-refractivity contribution >= 4 is 23.5 Å². The van der Waals surface area contributed by atoms with Crippen molar-refractivity contribution < 1.29 is 0 Å². The molecule has 94 valence electrons. The van der Waals surface area contributed by atoms with Crippen LogP contribution in [0.4, 0.5) is 0 Å². The summed E-state index contributed by atoms with van der Waals surface area (Å²) >= 11 is 4.10. The molecular formula is C13H20N2S2. The molecule has 0 bridgehead atoms. The summed E-state index contributed by atoms with van der Waals surface area (Å²) in [6, 6.07) is 8.97. The molecule has 1 fully saturated rings. The van der Waals surface area contributed by atoms with Gasteiger partial charge in [0.2, 0.25) is 0 Å². The van der Waals surface area contributed by atoms with Crippen LogP contribution >= 0.6 is 23.5 Å². The normalized spacial score (nSPS) is 22.4. The summed E-state index contributed by atoms with van der Waals surface area (Å²) in [5.41, 5.74) is 5.78. The highest BCUT2D eigenvalue weighted by Gasteiger charge is 2.24. The van der Waals surface area contributed by atoms with Crippen LogP contribution in [-0.2, 0) is 6.42 Å². The summed E-state index contributed by atoms with van der Waals surface area (Å²) in [5, 5.41) is 0.637. The topological polar surface area (TPSA) is 38.0 Å². The predicted octanol–water partition coefficient (Wildman–Crippen LogP) is 2.22. The zero-order valence-electron chi connectivity index (χ0n) is 10.2. The van der Waals surface area contributed by atoms with E-state index < -0.39 is 0 Å². The van der Waals surface area contributed by atoms with E-state index in [4.69, 9.17) is 5.84 Å². The number of aryl methyl sites for hydroxylation is 1. The van der Waals surface area contributed by atoms with Gasteiger partial charge in [0.1, 0.15) is 0 Å². The van der Waals surface area contributed by atoms with Crippen molar-refractivity contribution in [2.45, 2.75) is 24.6 Å². The van der Waals surface area contributed by atoms with Gasteiger partial charge in [-0.1, -0.05) is 24.3 Å². The highest BCUT2D eigenvalue weighted by Crippen LogP contribution is 2.27. The quantitative estimate of drug-likeness (QED) is 0.649. The summed E-state index contributed by atoms with van der Waals surface area (Å²) in [6.45, 7) is 2.17. The molecule has 2 unspecified atom stereocenters. The molecule has 2 nitrogen and oxygen atoms in total. The molecule has 1 saturated heterocycles. The maximum atomic E-state index is 5.73. The Morgan fingerprint density at radius 1 is 1.41 bits per heavy atom. The van der Waals surface area contributed by atoms with Crippen molar-refractivity contribution in [1.82, 2.24) is 5.43 Å². The minimum atomic E-state index is 0.383. The molecule has 1 aliphatic rings. The predicted molar refractivity (Wildman–Crippen MR) is 79.6 cm³/mol. The van der Waals surface area contributed by atoms with Crippen molar-refractivity contribution in [2.75, 3.05) is 17.3 Å².